The lowest BCUT2D eigenvalue weighted by Crippen LogP contribution is -2.43. The topological polar surface area (TPSA) is 104 Å². The zero-order valence-corrected chi connectivity index (χ0v) is 20.5. The lowest BCUT2D eigenvalue weighted by Gasteiger charge is -2.31. The second-order valence-electron chi connectivity index (χ2n) is 8.89. The predicted octanol–water partition coefficient (Wildman–Crippen LogP) is 3.93. The van der Waals surface area contributed by atoms with Crippen molar-refractivity contribution in [3.63, 3.8) is 0 Å². The first-order valence-electron chi connectivity index (χ1n) is 11.7. The molecule has 1 aliphatic rings. The van der Waals surface area contributed by atoms with Gasteiger partial charge in [-0.05, 0) is 61.3 Å². The van der Waals surface area contributed by atoms with Gasteiger partial charge in [-0.3, -0.25) is 4.79 Å². The molecule has 0 bridgehead atoms. The number of carbonyl (C=O) groups is 1. The van der Waals surface area contributed by atoms with Gasteiger partial charge in [0, 0.05) is 19.2 Å². The first kappa shape index (κ1) is 24.0. The monoisotopic (exact) mass is 508 g/mol. The molecule has 0 aliphatic carbocycles. The summed E-state index contributed by atoms with van der Waals surface area (Å²) < 4.78 is 18.9. The molecule has 186 valence electrons. The number of amides is 1. The fourth-order valence-corrected chi connectivity index (χ4v) is 4.62. The number of pyridine rings is 1. The van der Waals surface area contributed by atoms with Crippen molar-refractivity contribution in [2.75, 3.05) is 32.1 Å². The molecule has 8 nitrogen and oxygen atoms in total. The van der Waals surface area contributed by atoms with Crippen molar-refractivity contribution in [2.45, 2.75) is 18.4 Å². The molecule has 0 saturated carbocycles. The second kappa shape index (κ2) is 10.1. The maximum Gasteiger partial charge on any atom is 0.257 e. The number of rotatable bonds is 8. The number of hydrogen-bond acceptors (Lipinski definition) is 6. The summed E-state index contributed by atoms with van der Waals surface area (Å²) in [5.74, 6) is 0.769. The van der Waals surface area contributed by atoms with Gasteiger partial charge in [-0.25, -0.2) is 14.4 Å². The van der Waals surface area contributed by atoms with Gasteiger partial charge in [0.15, 0.2) is 12.3 Å². The van der Waals surface area contributed by atoms with E-state index < -0.39 is 0 Å². The summed E-state index contributed by atoms with van der Waals surface area (Å²) >= 11 is 6.62. The van der Waals surface area contributed by atoms with E-state index in [2.05, 4.69) is 30.9 Å². The van der Waals surface area contributed by atoms with E-state index in [1.165, 1.54) is 12.1 Å². The molecular formula is C26H26ClFN6O2. The van der Waals surface area contributed by atoms with Crippen molar-refractivity contribution in [1.29, 1.82) is 0 Å². The second-order valence-corrected chi connectivity index (χ2v) is 9.29. The molecule has 4 N–H and O–H groups in total. The summed E-state index contributed by atoms with van der Waals surface area (Å²) in [6, 6.07) is 13.9. The highest BCUT2D eigenvalue weighted by Gasteiger charge is 2.35. The van der Waals surface area contributed by atoms with Crippen LogP contribution in [0.4, 0.5) is 10.1 Å². The average molecular weight is 509 g/mol. The standard InChI is InChI=1S/C26H26ClFN6O2/c1-29-21(35)14-36-19-8-4-17(5-9-19)24-32-23-22(20(27)13-31-25(23)33-24)34-26(10-11-30-15-26)12-16-2-6-18(28)7-3-16/h2-9,13,30H,10-12,14-15H2,1H3,(H,29,35)(H2,31,32,33,34)/t26-/m1/s1. The normalized spacial score (nSPS) is 17.3. The Hall–Kier alpha value is -3.69. The van der Waals surface area contributed by atoms with E-state index >= 15 is 0 Å². The van der Waals surface area contributed by atoms with Crippen LogP contribution in [0.2, 0.25) is 5.02 Å². The molecule has 3 heterocycles. The highest BCUT2D eigenvalue weighted by Crippen LogP contribution is 2.35. The molecule has 36 heavy (non-hydrogen) atoms. The molecule has 4 aromatic rings. The number of benzene rings is 2. The SMILES string of the molecule is CNC(=O)COc1ccc(-c2nc3ncc(Cl)c(N[C@@]4(Cc5ccc(F)cc5)CCNC4)c3[nH]2)cc1. The quantitative estimate of drug-likeness (QED) is 0.287. The molecule has 1 fully saturated rings. The van der Waals surface area contributed by atoms with Crippen LogP contribution in [0.1, 0.15) is 12.0 Å². The number of fused-ring (bicyclic) bond motifs is 1. The van der Waals surface area contributed by atoms with E-state index in [0.29, 0.717) is 34.2 Å². The Bertz CT molecular complexity index is 1370. The van der Waals surface area contributed by atoms with Gasteiger partial charge in [0.05, 0.1) is 22.4 Å². The largest absolute Gasteiger partial charge is 0.484 e. The Morgan fingerprint density at radius 1 is 1.19 bits per heavy atom. The van der Waals surface area contributed by atoms with Crippen molar-refractivity contribution in [1.82, 2.24) is 25.6 Å². The zero-order valence-electron chi connectivity index (χ0n) is 19.7. The number of carbonyl (C=O) groups excluding carboxylic acids is 1. The smallest absolute Gasteiger partial charge is 0.257 e. The molecule has 2 aromatic heterocycles. The van der Waals surface area contributed by atoms with Gasteiger partial charge < -0.3 is 25.7 Å². The van der Waals surface area contributed by atoms with Crippen LogP contribution in [0.25, 0.3) is 22.6 Å². The van der Waals surface area contributed by atoms with E-state index in [0.717, 1.165) is 36.3 Å². The van der Waals surface area contributed by atoms with Crippen molar-refractivity contribution < 1.29 is 13.9 Å². The summed E-state index contributed by atoms with van der Waals surface area (Å²) in [5.41, 5.74) is 3.56. The maximum absolute atomic E-state index is 13.4. The highest BCUT2D eigenvalue weighted by molar-refractivity contribution is 6.34. The number of H-pyrrole nitrogens is 1. The third kappa shape index (κ3) is 5.12. The van der Waals surface area contributed by atoms with Gasteiger partial charge in [0.25, 0.3) is 5.91 Å². The number of nitrogens with zero attached hydrogens (tertiary/aromatic N) is 2. The molecular weight excluding hydrogens is 483 g/mol. The van der Waals surface area contributed by atoms with E-state index in [4.69, 9.17) is 16.3 Å². The lowest BCUT2D eigenvalue weighted by molar-refractivity contribution is -0.122. The number of aromatic nitrogens is 3. The molecule has 2 aromatic carbocycles. The van der Waals surface area contributed by atoms with Crippen LogP contribution >= 0.6 is 11.6 Å². The minimum absolute atomic E-state index is 0.0491. The van der Waals surface area contributed by atoms with Gasteiger partial charge in [-0.2, -0.15) is 0 Å². The predicted molar refractivity (Wildman–Crippen MR) is 138 cm³/mol. The van der Waals surface area contributed by atoms with E-state index in [-0.39, 0.29) is 23.9 Å². The number of halogens is 2. The van der Waals surface area contributed by atoms with Crippen LogP contribution in [0.5, 0.6) is 5.75 Å². The maximum atomic E-state index is 13.4. The molecule has 1 saturated heterocycles. The average Bonchev–Trinajstić information content (AvgIpc) is 3.54. The zero-order chi connectivity index (χ0) is 25.1. The first-order valence-corrected chi connectivity index (χ1v) is 12.0. The van der Waals surface area contributed by atoms with Gasteiger partial charge in [-0.15, -0.1) is 0 Å². The Kier molecular flexibility index (Phi) is 6.75. The third-order valence-electron chi connectivity index (χ3n) is 6.34. The Balaban J connectivity index is 1.42. The van der Waals surface area contributed by atoms with Crippen LogP contribution in [-0.4, -0.2) is 53.1 Å². The van der Waals surface area contributed by atoms with Crippen molar-refractivity contribution in [3.05, 3.63) is 71.1 Å². The van der Waals surface area contributed by atoms with Crippen LogP contribution in [0, 0.1) is 5.82 Å². The molecule has 0 radical (unpaired) electrons. The lowest BCUT2D eigenvalue weighted by atomic mass is 9.89. The molecule has 1 atom stereocenters. The Morgan fingerprint density at radius 3 is 2.67 bits per heavy atom. The Labute approximate surface area is 212 Å². The van der Waals surface area contributed by atoms with Crippen LogP contribution < -0.4 is 20.7 Å². The van der Waals surface area contributed by atoms with Crippen LogP contribution in [-0.2, 0) is 11.2 Å². The number of hydrogen-bond donors (Lipinski definition) is 4. The van der Waals surface area contributed by atoms with E-state index in [1.807, 2.05) is 24.3 Å². The molecule has 0 unspecified atom stereocenters. The number of aromatic amines is 1. The van der Waals surface area contributed by atoms with Crippen molar-refractivity contribution >= 4 is 34.4 Å². The van der Waals surface area contributed by atoms with Gasteiger partial charge in [-0.1, -0.05) is 23.7 Å². The summed E-state index contributed by atoms with van der Waals surface area (Å²) in [6.07, 6.45) is 3.18. The fourth-order valence-electron chi connectivity index (χ4n) is 4.43. The Morgan fingerprint density at radius 2 is 1.97 bits per heavy atom. The first-order chi connectivity index (χ1) is 17.4. The van der Waals surface area contributed by atoms with E-state index in [1.54, 1.807) is 25.4 Å². The number of likely N-dealkylation sites (N-methyl/N-ethyl adjacent to an activating group) is 1. The number of ether oxygens (including phenoxy) is 1. The van der Waals surface area contributed by atoms with Gasteiger partial charge in [0.1, 0.15) is 22.9 Å². The highest BCUT2D eigenvalue weighted by atomic mass is 35.5. The number of imidazole rings is 1. The minimum Gasteiger partial charge on any atom is -0.484 e. The summed E-state index contributed by atoms with van der Waals surface area (Å²) in [7, 11) is 1.56. The fraction of sp³-hybridized carbons (Fsp3) is 0.269. The number of anilines is 1. The summed E-state index contributed by atoms with van der Waals surface area (Å²) in [5, 5.41) is 10.1. The van der Waals surface area contributed by atoms with Crippen molar-refractivity contribution in [2.24, 2.45) is 0 Å². The van der Waals surface area contributed by atoms with Crippen molar-refractivity contribution in [3.8, 4) is 17.1 Å². The van der Waals surface area contributed by atoms with Gasteiger partial charge in [0.2, 0.25) is 0 Å². The number of nitrogens with one attached hydrogen (secondary N) is 4. The van der Waals surface area contributed by atoms with Crippen LogP contribution in [0.3, 0.4) is 0 Å². The summed E-state index contributed by atoms with van der Waals surface area (Å²) in [4.78, 5) is 23.8. The third-order valence-corrected chi connectivity index (χ3v) is 6.63. The van der Waals surface area contributed by atoms with E-state index in [9.17, 15) is 9.18 Å². The molecule has 5 rings (SSSR count). The minimum atomic E-state index is -0.301. The molecule has 10 heteroatoms. The summed E-state index contributed by atoms with van der Waals surface area (Å²) in [6.45, 7) is 1.55. The van der Waals surface area contributed by atoms with Crippen LogP contribution in [0.15, 0.2) is 54.7 Å². The molecule has 1 amide bonds. The molecule has 0 spiro atoms. The molecule has 1 aliphatic heterocycles. The van der Waals surface area contributed by atoms with Gasteiger partial charge >= 0.3 is 0 Å².